The summed E-state index contributed by atoms with van der Waals surface area (Å²) in [4.78, 5) is 12.2. The van der Waals surface area contributed by atoms with E-state index < -0.39 is 9.96 Å². The van der Waals surface area contributed by atoms with Crippen LogP contribution in [-0.2, 0) is 4.74 Å². The van der Waals surface area contributed by atoms with Crippen molar-refractivity contribution in [3.8, 4) is 0 Å². The molecule has 3 N–H and O–H groups in total. The molecule has 1 fully saturated rings. The quantitative estimate of drug-likeness (QED) is 0.603. The Balaban J connectivity index is 1.96. The lowest BCUT2D eigenvalue weighted by molar-refractivity contribution is -0.697. The van der Waals surface area contributed by atoms with E-state index in [0.717, 1.165) is 19.4 Å². The second kappa shape index (κ2) is 8.04. The number of nitrogens with two attached hydrogens (primary N) is 1. The molecule has 1 heterocycles. The van der Waals surface area contributed by atoms with Gasteiger partial charge in [-0.25, -0.2) is 0 Å². The number of nitrogens with one attached hydrogen (secondary N) is 1. The zero-order valence-electron chi connectivity index (χ0n) is 11.7. The molecule has 1 aliphatic rings. The molecule has 122 valence electrons. The molecule has 1 aromatic rings. The lowest BCUT2D eigenvalue weighted by atomic mass is 10.2. The summed E-state index contributed by atoms with van der Waals surface area (Å²) in [5.74, 6) is -0.323. The maximum absolute atomic E-state index is 12.2. The predicted octanol–water partition coefficient (Wildman–Crippen LogP) is 2.51. The molecule has 8 heteroatoms. The number of halogens is 4. The van der Waals surface area contributed by atoms with Gasteiger partial charge in [0.1, 0.15) is 12.6 Å². The van der Waals surface area contributed by atoms with Crippen molar-refractivity contribution in [1.29, 1.82) is 0 Å². The van der Waals surface area contributed by atoms with Crippen molar-refractivity contribution in [3.63, 3.8) is 0 Å². The summed E-state index contributed by atoms with van der Waals surface area (Å²) >= 11 is 23.7. The summed E-state index contributed by atoms with van der Waals surface area (Å²) in [6, 6.07) is 6.51. The van der Waals surface area contributed by atoms with Gasteiger partial charge in [0, 0.05) is 17.2 Å². The highest BCUT2D eigenvalue weighted by atomic mass is 35.6. The Bertz CT molecular complexity index is 499. The molecule has 22 heavy (non-hydrogen) atoms. The van der Waals surface area contributed by atoms with E-state index in [1.807, 2.05) is 0 Å². The maximum atomic E-state index is 12.2. The Labute approximate surface area is 149 Å². The number of quaternary nitrogens is 1. The van der Waals surface area contributed by atoms with Crippen molar-refractivity contribution >= 4 is 52.3 Å². The van der Waals surface area contributed by atoms with Gasteiger partial charge >= 0.3 is 0 Å². The number of rotatable bonds is 5. The number of hydrogen-bond donors (Lipinski definition) is 2. The minimum Gasteiger partial charge on any atom is -0.372 e. The standard InChI is InChI=1S/C14H16Cl4N2O2/c15-10-5-3-9(4-6-10)12(21)20-13(14(16,17)18)19-8-11-2-1-7-22-11/h3-6,11,13,19H,1-2,7-8H2,(H,20,21)/p+1/t11-,13-/m0/s1. The first-order valence-electron chi connectivity index (χ1n) is 6.94. The van der Waals surface area contributed by atoms with Crippen LogP contribution in [0, 0.1) is 0 Å². The number of hydrogen-bond acceptors (Lipinski definition) is 2. The number of alkyl halides is 3. The molecule has 0 radical (unpaired) electrons. The van der Waals surface area contributed by atoms with Crippen molar-refractivity contribution in [2.24, 2.45) is 0 Å². The van der Waals surface area contributed by atoms with Gasteiger partial charge in [-0.2, -0.15) is 0 Å². The Morgan fingerprint density at radius 1 is 1.36 bits per heavy atom. The summed E-state index contributed by atoms with van der Waals surface area (Å²) in [7, 11) is 0. The second-order valence-electron chi connectivity index (χ2n) is 5.11. The predicted molar refractivity (Wildman–Crippen MR) is 88.8 cm³/mol. The molecule has 0 aromatic heterocycles. The normalized spacial score (nSPS) is 19.9. The number of carbonyl (C=O) groups excluding carboxylic acids is 1. The first-order valence-corrected chi connectivity index (χ1v) is 8.45. The van der Waals surface area contributed by atoms with Gasteiger partial charge in [0.2, 0.25) is 6.17 Å². The van der Waals surface area contributed by atoms with Crippen LogP contribution in [-0.4, -0.2) is 35.1 Å². The first-order chi connectivity index (χ1) is 10.4. The van der Waals surface area contributed by atoms with Gasteiger partial charge in [-0.05, 0) is 37.1 Å². The molecule has 1 aliphatic heterocycles. The van der Waals surface area contributed by atoms with Crippen molar-refractivity contribution in [2.45, 2.75) is 28.9 Å². The van der Waals surface area contributed by atoms with Crippen LogP contribution >= 0.6 is 46.4 Å². The van der Waals surface area contributed by atoms with Crippen LogP contribution in [0.25, 0.3) is 0 Å². The monoisotopic (exact) mass is 385 g/mol. The van der Waals surface area contributed by atoms with Crippen LogP contribution in [0.15, 0.2) is 24.3 Å². The van der Waals surface area contributed by atoms with E-state index in [4.69, 9.17) is 51.1 Å². The summed E-state index contributed by atoms with van der Waals surface area (Å²) in [6.45, 7) is 1.38. The Hall–Kier alpha value is -0.230. The van der Waals surface area contributed by atoms with E-state index >= 15 is 0 Å². The van der Waals surface area contributed by atoms with Crippen LogP contribution in [0.1, 0.15) is 23.2 Å². The molecule has 4 nitrogen and oxygen atoms in total. The fourth-order valence-corrected chi connectivity index (χ4v) is 2.78. The Morgan fingerprint density at radius 3 is 2.59 bits per heavy atom. The largest absolute Gasteiger partial charge is 0.372 e. The average molecular weight is 387 g/mol. The number of benzene rings is 1. The molecule has 0 saturated carbocycles. The van der Waals surface area contributed by atoms with Gasteiger partial charge in [-0.15, -0.1) is 0 Å². The summed E-state index contributed by atoms with van der Waals surface area (Å²) in [5.41, 5.74) is 0.453. The number of carbonyl (C=O) groups is 1. The van der Waals surface area contributed by atoms with Gasteiger partial charge in [0.05, 0.1) is 0 Å². The Kier molecular flexibility index (Phi) is 6.62. The van der Waals surface area contributed by atoms with Crippen LogP contribution < -0.4 is 10.6 Å². The number of amides is 1. The van der Waals surface area contributed by atoms with E-state index in [1.165, 1.54) is 0 Å². The van der Waals surface area contributed by atoms with Gasteiger partial charge in [0.25, 0.3) is 9.70 Å². The second-order valence-corrected chi connectivity index (χ2v) is 7.91. The van der Waals surface area contributed by atoms with Crippen molar-refractivity contribution in [3.05, 3.63) is 34.9 Å². The lowest BCUT2D eigenvalue weighted by Crippen LogP contribution is -2.97. The lowest BCUT2D eigenvalue weighted by Gasteiger charge is -2.24. The van der Waals surface area contributed by atoms with Gasteiger partial charge in [-0.1, -0.05) is 46.4 Å². The summed E-state index contributed by atoms with van der Waals surface area (Å²) in [6.07, 6.45) is 1.44. The molecule has 2 atom stereocenters. The molecule has 0 aliphatic carbocycles. The molecule has 0 spiro atoms. The molecular weight excluding hydrogens is 370 g/mol. The van der Waals surface area contributed by atoms with E-state index in [2.05, 4.69) is 5.32 Å². The average Bonchev–Trinajstić information content (AvgIpc) is 2.96. The van der Waals surface area contributed by atoms with E-state index in [9.17, 15) is 4.79 Å². The topological polar surface area (TPSA) is 54.9 Å². The third-order valence-electron chi connectivity index (χ3n) is 3.40. The van der Waals surface area contributed by atoms with Crippen LogP contribution in [0.3, 0.4) is 0 Å². The zero-order chi connectivity index (χ0) is 16.2. The Morgan fingerprint density at radius 2 is 2.05 bits per heavy atom. The smallest absolute Gasteiger partial charge is 0.262 e. The molecular formula is C14H17Cl4N2O2+. The van der Waals surface area contributed by atoms with Crippen molar-refractivity contribution in [1.82, 2.24) is 5.32 Å². The van der Waals surface area contributed by atoms with Gasteiger partial charge in [0.15, 0.2) is 0 Å². The van der Waals surface area contributed by atoms with Gasteiger partial charge < -0.3 is 10.1 Å². The highest BCUT2D eigenvalue weighted by Crippen LogP contribution is 2.27. The third-order valence-corrected chi connectivity index (χ3v) is 4.36. The van der Waals surface area contributed by atoms with Crippen molar-refractivity contribution in [2.75, 3.05) is 13.2 Å². The summed E-state index contributed by atoms with van der Waals surface area (Å²) < 4.78 is 3.91. The third kappa shape index (κ3) is 5.44. The highest BCUT2D eigenvalue weighted by Gasteiger charge is 2.38. The molecule has 0 bridgehead atoms. The SMILES string of the molecule is O=C(N[C@H]([NH2+]C[C@@H]1CCCO1)C(Cl)(Cl)Cl)c1ccc(Cl)cc1. The van der Waals surface area contributed by atoms with E-state index in [0.29, 0.717) is 17.1 Å². The fraction of sp³-hybridized carbons (Fsp3) is 0.500. The van der Waals surface area contributed by atoms with Crippen LogP contribution in [0.4, 0.5) is 0 Å². The summed E-state index contributed by atoms with van der Waals surface area (Å²) in [5, 5.41) is 5.07. The number of ether oxygens (including phenoxy) is 1. The minimum absolute atomic E-state index is 0.127. The van der Waals surface area contributed by atoms with Crippen LogP contribution in [0.2, 0.25) is 5.02 Å². The fourth-order valence-electron chi connectivity index (χ4n) is 2.22. The maximum Gasteiger partial charge on any atom is 0.262 e. The van der Waals surface area contributed by atoms with E-state index in [1.54, 1.807) is 29.6 Å². The van der Waals surface area contributed by atoms with Crippen molar-refractivity contribution < 1.29 is 14.8 Å². The molecule has 2 rings (SSSR count). The minimum atomic E-state index is -1.62. The molecule has 1 amide bonds. The molecule has 1 saturated heterocycles. The molecule has 1 aromatic carbocycles. The zero-order valence-corrected chi connectivity index (χ0v) is 14.7. The van der Waals surface area contributed by atoms with Crippen LogP contribution in [0.5, 0.6) is 0 Å². The van der Waals surface area contributed by atoms with Gasteiger partial charge in [-0.3, -0.25) is 10.1 Å². The molecule has 0 unspecified atom stereocenters. The highest BCUT2D eigenvalue weighted by molar-refractivity contribution is 6.68. The first kappa shape index (κ1) is 18.1. The van der Waals surface area contributed by atoms with E-state index in [-0.39, 0.29) is 12.0 Å².